The molecule has 13 nitrogen and oxygen atoms in total. The van der Waals surface area contributed by atoms with Gasteiger partial charge in [-0.15, -0.1) is 0 Å². The second-order valence-electron chi connectivity index (χ2n) is 14.1. The summed E-state index contributed by atoms with van der Waals surface area (Å²) in [6.45, 7) is 9.07. The van der Waals surface area contributed by atoms with Crippen molar-refractivity contribution in [1.29, 1.82) is 0 Å². The fourth-order valence-electron chi connectivity index (χ4n) is 9.17. The van der Waals surface area contributed by atoms with Crippen molar-refractivity contribution >= 4 is 35.6 Å². The smallest absolute Gasteiger partial charge is 0.339 e. The van der Waals surface area contributed by atoms with Crippen LogP contribution in [0.3, 0.4) is 0 Å². The van der Waals surface area contributed by atoms with E-state index in [2.05, 4.69) is 6.92 Å². The van der Waals surface area contributed by atoms with Crippen LogP contribution in [0.2, 0.25) is 0 Å². The van der Waals surface area contributed by atoms with Crippen LogP contribution < -0.4 is 0 Å². The van der Waals surface area contributed by atoms with Gasteiger partial charge in [0, 0.05) is 46.0 Å². The average Bonchev–Trinajstić information content (AvgIpc) is 3.29. The molecule has 5 rings (SSSR count). The van der Waals surface area contributed by atoms with E-state index >= 15 is 0 Å². The van der Waals surface area contributed by atoms with Crippen LogP contribution in [0, 0.1) is 28.6 Å². The topological polar surface area (TPSA) is 167 Å². The van der Waals surface area contributed by atoms with Crippen molar-refractivity contribution in [3.8, 4) is 0 Å². The predicted molar refractivity (Wildman–Crippen MR) is 160 cm³/mol. The van der Waals surface area contributed by atoms with Gasteiger partial charge in [0.2, 0.25) is 6.29 Å². The van der Waals surface area contributed by atoms with Gasteiger partial charge in [-0.2, -0.15) is 0 Å². The third-order valence-corrected chi connectivity index (χ3v) is 11.2. The predicted octanol–water partition coefficient (Wildman–Crippen LogP) is 3.14. The number of rotatable bonds is 7. The van der Waals surface area contributed by atoms with Crippen molar-refractivity contribution in [3.05, 3.63) is 11.6 Å². The number of fused-ring (bicyclic) bond motifs is 5. The van der Waals surface area contributed by atoms with Crippen molar-refractivity contribution in [2.75, 3.05) is 7.11 Å². The maximum Gasteiger partial charge on any atom is 0.339 e. The molecular weight excluding hydrogens is 616 g/mol. The summed E-state index contributed by atoms with van der Waals surface area (Å²) in [7, 11) is 1.13. The van der Waals surface area contributed by atoms with Crippen molar-refractivity contribution in [2.45, 2.75) is 129 Å². The van der Waals surface area contributed by atoms with Gasteiger partial charge in [-0.25, -0.2) is 4.79 Å². The molecule has 3 saturated carbocycles. The van der Waals surface area contributed by atoms with Gasteiger partial charge < -0.3 is 33.2 Å². The number of hydrogen-bond acceptors (Lipinski definition) is 13. The number of hydrogen-bond donors (Lipinski definition) is 0. The molecule has 4 aliphatic carbocycles. The lowest BCUT2D eigenvalue weighted by Gasteiger charge is -2.59. The molecule has 5 aliphatic rings. The maximum absolute atomic E-state index is 13.3. The molecule has 47 heavy (non-hydrogen) atoms. The average molecular weight is 663 g/mol. The molecular formula is C34H46O13. The van der Waals surface area contributed by atoms with Crippen LogP contribution in [-0.2, 0) is 61.9 Å². The highest BCUT2D eigenvalue weighted by Gasteiger charge is 2.63. The monoisotopic (exact) mass is 662 g/mol. The van der Waals surface area contributed by atoms with Crippen LogP contribution in [0.15, 0.2) is 11.6 Å². The zero-order valence-corrected chi connectivity index (χ0v) is 28.1. The second kappa shape index (κ2) is 13.3. The summed E-state index contributed by atoms with van der Waals surface area (Å²) in [4.78, 5) is 75.1. The summed E-state index contributed by atoms with van der Waals surface area (Å²) in [5, 5.41) is 0. The highest BCUT2D eigenvalue weighted by Crippen LogP contribution is 2.64. The molecule has 13 heteroatoms. The van der Waals surface area contributed by atoms with Gasteiger partial charge in [-0.3, -0.25) is 24.0 Å². The first-order chi connectivity index (χ1) is 22.1. The standard InChI is InChI=1S/C34H46O13/c1-16(35)42-21-10-12-33(5)20(14-21)15-24(26-22-8-9-25(39)34(22,6)13-11-23(26)33)46-32-30(45-19(4)38)28(44-18(3)37)27(43-17(2)36)29(47-32)31(40)41-7/h15,21-24,26-30,32H,8-14H2,1-7H3/t21-,22?,23?,24+,26?,27-,28-,29-,30+,32+,33-,34-/m0/s1. The van der Waals surface area contributed by atoms with E-state index in [0.29, 0.717) is 25.7 Å². The molecule has 0 amide bonds. The fourth-order valence-corrected chi connectivity index (χ4v) is 9.17. The molecule has 0 aromatic rings. The van der Waals surface area contributed by atoms with Gasteiger partial charge in [0.1, 0.15) is 11.9 Å². The third-order valence-electron chi connectivity index (χ3n) is 11.2. The Kier molecular flexibility index (Phi) is 9.90. The largest absolute Gasteiger partial charge is 0.467 e. The minimum absolute atomic E-state index is 0.00945. The van der Waals surface area contributed by atoms with Crippen LogP contribution in [0.25, 0.3) is 0 Å². The molecule has 0 bridgehead atoms. The molecule has 0 N–H and O–H groups in total. The number of esters is 5. The Hall–Kier alpha value is -3.32. The van der Waals surface area contributed by atoms with E-state index < -0.39 is 66.1 Å². The molecule has 1 saturated heterocycles. The Morgan fingerprint density at radius 1 is 0.766 bits per heavy atom. The summed E-state index contributed by atoms with van der Waals surface area (Å²) in [5.41, 5.74) is 0.302. The van der Waals surface area contributed by atoms with Crippen molar-refractivity contribution in [1.82, 2.24) is 0 Å². The van der Waals surface area contributed by atoms with Crippen molar-refractivity contribution in [2.24, 2.45) is 28.6 Å². The lowest BCUT2D eigenvalue weighted by Crippen LogP contribution is -2.65. The first kappa shape index (κ1) is 35.0. The first-order valence-electron chi connectivity index (χ1n) is 16.4. The van der Waals surface area contributed by atoms with E-state index in [9.17, 15) is 28.8 Å². The Morgan fingerprint density at radius 3 is 1.96 bits per heavy atom. The van der Waals surface area contributed by atoms with Crippen molar-refractivity contribution < 1.29 is 61.9 Å². The normalized spacial score (nSPS) is 40.8. The highest BCUT2D eigenvalue weighted by atomic mass is 16.7. The summed E-state index contributed by atoms with van der Waals surface area (Å²) in [6.07, 6.45) is -1.73. The van der Waals surface area contributed by atoms with E-state index in [-0.39, 0.29) is 41.0 Å². The minimum atomic E-state index is -1.59. The van der Waals surface area contributed by atoms with E-state index in [4.69, 9.17) is 33.2 Å². The van der Waals surface area contributed by atoms with Gasteiger partial charge in [0.05, 0.1) is 13.2 Å². The maximum atomic E-state index is 13.3. The van der Waals surface area contributed by atoms with E-state index in [1.807, 2.05) is 13.0 Å². The number of methoxy groups -OCH3 is 1. The molecule has 260 valence electrons. The number of ether oxygens (including phenoxy) is 7. The fraction of sp³-hybridized carbons (Fsp3) is 0.765. The molecule has 3 unspecified atom stereocenters. The van der Waals surface area contributed by atoms with E-state index in [1.165, 1.54) is 6.92 Å². The molecule has 1 aliphatic heterocycles. The van der Waals surface area contributed by atoms with Crippen LogP contribution in [-0.4, -0.2) is 85.7 Å². The molecule has 12 atom stereocenters. The van der Waals surface area contributed by atoms with E-state index in [0.717, 1.165) is 52.7 Å². The lowest BCUT2D eigenvalue weighted by atomic mass is 9.47. The zero-order chi connectivity index (χ0) is 34.4. The number of Topliss-reactive ketones (excluding diaryl/α,β-unsaturated/α-hetero) is 1. The molecule has 0 aromatic heterocycles. The molecule has 0 aromatic carbocycles. The zero-order valence-electron chi connectivity index (χ0n) is 28.1. The van der Waals surface area contributed by atoms with Gasteiger partial charge in [-0.1, -0.05) is 25.5 Å². The van der Waals surface area contributed by atoms with E-state index in [1.54, 1.807) is 0 Å². The van der Waals surface area contributed by atoms with Crippen LogP contribution >= 0.6 is 0 Å². The lowest BCUT2D eigenvalue weighted by molar-refractivity contribution is -0.314. The van der Waals surface area contributed by atoms with Gasteiger partial charge >= 0.3 is 29.8 Å². The highest BCUT2D eigenvalue weighted by molar-refractivity contribution is 5.87. The Bertz CT molecular complexity index is 1340. The summed E-state index contributed by atoms with van der Waals surface area (Å²) < 4.78 is 40.1. The SMILES string of the molecule is COC(=O)[C@H]1O[C@@H](O[C@@H]2C=C3C[C@@H](OC(C)=O)CC[C@]3(C)C3CC[C@]4(C)C(=O)CCC4C32)[C@H](OC(C)=O)[C@@H](OC(C)=O)[C@@H]1OC(C)=O. The molecule has 4 fully saturated rings. The summed E-state index contributed by atoms with van der Waals surface area (Å²) >= 11 is 0. The Morgan fingerprint density at radius 2 is 1.34 bits per heavy atom. The van der Waals surface area contributed by atoms with Gasteiger partial charge in [0.25, 0.3) is 0 Å². The number of ketones is 1. The van der Waals surface area contributed by atoms with Crippen LogP contribution in [0.4, 0.5) is 0 Å². The number of carbonyl (C=O) groups is 6. The second-order valence-corrected chi connectivity index (χ2v) is 14.1. The summed E-state index contributed by atoms with van der Waals surface area (Å²) in [6, 6.07) is 0. The summed E-state index contributed by atoms with van der Waals surface area (Å²) in [5.74, 6) is -3.41. The Balaban J connectivity index is 1.59. The van der Waals surface area contributed by atoms with Gasteiger partial charge in [-0.05, 0) is 55.3 Å². The Labute approximate surface area is 274 Å². The van der Waals surface area contributed by atoms with Crippen LogP contribution in [0.5, 0.6) is 0 Å². The molecule has 0 radical (unpaired) electrons. The molecule has 0 spiro atoms. The van der Waals surface area contributed by atoms with Gasteiger partial charge in [0.15, 0.2) is 24.4 Å². The number of carbonyl (C=O) groups excluding carboxylic acids is 6. The quantitative estimate of drug-likeness (QED) is 0.222. The van der Waals surface area contributed by atoms with Crippen molar-refractivity contribution in [3.63, 3.8) is 0 Å². The first-order valence-corrected chi connectivity index (χ1v) is 16.4. The third kappa shape index (κ3) is 6.57. The molecule has 1 heterocycles. The van der Waals surface area contributed by atoms with Crippen LogP contribution in [0.1, 0.15) is 86.5 Å². The minimum Gasteiger partial charge on any atom is -0.467 e.